The maximum atomic E-state index is 12.6. The van der Waals surface area contributed by atoms with Crippen LogP contribution in [0.2, 0.25) is 0 Å². The van der Waals surface area contributed by atoms with Crippen molar-refractivity contribution in [2.24, 2.45) is 0 Å². The molecule has 1 aliphatic rings. The number of hydrogen-bond donors (Lipinski definition) is 1. The summed E-state index contributed by atoms with van der Waals surface area (Å²) in [5.41, 5.74) is 1.75. The summed E-state index contributed by atoms with van der Waals surface area (Å²) in [5.74, 6) is 0.447. The lowest BCUT2D eigenvalue weighted by Crippen LogP contribution is -2.46. The van der Waals surface area contributed by atoms with Gasteiger partial charge < -0.3 is 9.80 Å². The van der Waals surface area contributed by atoms with E-state index in [1.165, 1.54) is 0 Å². The van der Waals surface area contributed by atoms with Gasteiger partial charge in [-0.3, -0.25) is 5.32 Å². The van der Waals surface area contributed by atoms with Crippen molar-refractivity contribution < 1.29 is 4.79 Å². The van der Waals surface area contributed by atoms with Gasteiger partial charge in [-0.25, -0.2) is 4.79 Å². The number of anilines is 1. The second-order valence-electron chi connectivity index (χ2n) is 7.20. The second kappa shape index (κ2) is 7.76. The molecule has 9 heteroatoms. The van der Waals surface area contributed by atoms with Gasteiger partial charge in [-0.1, -0.05) is 11.3 Å². The summed E-state index contributed by atoms with van der Waals surface area (Å²) in [6.07, 6.45) is 1.96. The maximum Gasteiger partial charge on any atom is 0.323 e. The van der Waals surface area contributed by atoms with Crippen LogP contribution in [0.15, 0.2) is 24.3 Å². The minimum atomic E-state index is -0.154. The van der Waals surface area contributed by atoms with Crippen molar-refractivity contribution in [1.82, 2.24) is 30.2 Å². The minimum Gasteiger partial charge on any atom is -0.324 e. The van der Waals surface area contributed by atoms with Crippen molar-refractivity contribution in [3.63, 3.8) is 0 Å². The van der Waals surface area contributed by atoms with Crippen LogP contribution in [0, 0.1) is 6.92 Å². The van der Waals surface area contributed by atoms with E-state index in [9.17, 15) is 4.79 Å². The fourth-order valence-corrected chi connectivity index (χ4v) is 4.09. The first-order valence-corrected chi connectivity index (χ1v) is 10.1. The van der Waals surface area contributed by atoms with E-state index in [4.69, 9.17) is 0 Å². The maximum absolute atomic E-state index is 12.6. The van der Waals surface area contributed by atoms with Crippen LogP contribution in [0.1, 0.15) is 17.8 Å². The number of fused-ring (bicyclic) bond motifs is 1. The first-order valence-electron chi connectivity index (χ1n) is 9.30. The van der Waals surface area contributed by atoms with Gasteiger partial charge in [-0.15, -0.1) is 20.4 Å². The molecule has 1 fully saturated rings. The monoisotopic (exact) mass is 397 g/mol. The Labute approximate surface area is 167 Å². The van der Waals surface area contributed by atoms with Crippen molar-refractivity contribution >= 4 is 34.1 Å². The number of carbonyl (C=O) groups is 1. The van der Waals surface area contributed by atoms with E-state index >= 15 is 0 Å². The van der Waals surface area contributed by atoms with Gasteiger partial charge in [0.15, 0.2) is 5.82 Å². The Balaban J connectivity index is 1.51. The molecule has 146 valence electrons. The Kier molecular flexibility index (Phi) is 5.19. The average molecular weight is 398 g/mol. The molecule has 1 N–H and O–H groups in total. The number of hydrogen-bond acceptors (Lipinski definition) is 7. The van der Waals surface area contributed by atoms with Crippen molar-refractivity contribution in [2.75, 3.05) is 32.5 Å². The molecule has 0 bridgehead atoms. The highest BCUT2D eigenvalue weighted by Crippen LogP contribution is 2.27. The van der Waals surface area contributed by atoms with Crippen LogP contribution in [-0.4, -0.2) is 69.5 Å². The van der Waals surface area contributed by atoms with Crippen LogP contribution >= 0.6 is 11.3 Å². The molecule has 1 aliphatic heterocycles. The van der Waals surface area contributed by atoms with Crippen molar-refractivity contribution in [1.29, 1.82) is 0 Å². The van der Waals surface area contributed by atoms with E-state index in [0.717, 1.165) is 52.4 Å². The molecule has 28 heavy (non-hydrogen) atoms. The molecule has 0 unspecified atom stereocenters. The number of benzene rings is 1. The SMILES string of the molecule is Cc1nnc(-c2ccc3nnc(NC(=O)N(C)C4CCN(C)CC4)cc3c2)s1. The lowest BCUT2D eigenvalue weighted by atomic mass is 10.0. The first kappa shape index (κ1) is 18.7. The normalized spacial score (nSPS) is 15.7. The fraction of sp³-hybridized carbons (Fsp3) is 0.421. The summed E-state index contributed by atoms with van der Waals surface area (Å²) in [4.78, 5) is 16.7. The quantitative estimate of drug-likeness (QED) is 0.731. The van der Waals surface area contributed by atoms with Gasteiger partial charge in [0, 0.05) is 24.0 Å². The summed E-state index contributed by atoms with van der Waals surface area (Å²) in [5, 5.41) is 22.2. The Morgan fingerprint density at radius 3 is 2.68 bits per heavy atom. The van der Waals surface area contributed by atoms with E-state index in [1.54, 1.807) is 16.2 Å². The molecule has 0 atom stereocenters. The fourth-order valence-electron chi connectivity index (χ4n) is 3.40. The summed E-state index contributed by atoms with van der Waals surface area (Å²) in [7, 11) is 3.95. The molecular weight excluding hydrogens is 374 g/mol. The zero-order valence-corrected chi connectivity index (χ0v) is 17.0. The van der Waals surface area contributed by atoms with Gasteiger partial charge >= 0.3 is 6.03 Å². The smallest absolute Gasteiger partial charge is 0.323 e. The summed E-state index contributed by atoms with van der Waals surface area (Å²) in [6.45, 7) is 3.94. The highest BCUT2D eigenvalue weighted by Gasteiger charge is 2.24. The Morgan fingerprint density at radius 2 is 1.96 bits per heavy atom. The van der Waals surface area contributed by atoms with Gasteiger partial charge in [0.1, 0.15) is 10.0 Å². The lowest BCUT2D eigenvalue weighted by Gasteiger charge is -2.34. The molecule has 2 amide bonds. The molecule has 3 heterocycles. The molecule has 0 spiro atoms. The van der Waals surface area contributed by atoms with Crippen LogP contribution in [0.3, 0.4) is 0 Å². The van der Waals surface area contributed by atoms with E-state index < -0.39 is 0 Å². The molecule has 1 aromatic carbocycles. The van der Waals surface area contributed by atoms with Gasteiger partial charge in [-0.2, -0.15) is 0 Å². The minimum absolute atomic E-state index is 0.154. The topological polar surface area (TPSA) is 87.1 Å². The number of aromatic nitrogens is 4. The van der Waals surface area contributed by atoms with Crippen molar-refractivity contribution in [2.45, 2.75) is 25.8 Å². The number of carbonyl (C=O) groups excluding carboxylic acids is 1. The van der Waals surface area contributed by atoms with Crippen molar-refractivity contribution in [3.05, 3.63) is 29.3 Å². The third kappa shape index (κ3) is 3.95. The largest absolute Gasteiger partial charge is 0.324 e. The Bertz CT molecular complexity index is 997. The number of amides is 2. The highest BCUT2D eigenvalue weighted by atomic mass is 32.1. The number of rotatable bonds is 3. The van der Waals surface area contributed by atoms with E-state index in [2.05, 4.69) is 37.7 Å². The van der Waals surface area contributed by atoms with Gasteiger partial charge in [0.2, 0.25) is 0 Å². The van der Waals surface area contributed by atoms with Crippen LogP contribution in [0.25, 0.3) is 21.5 Å². The average Bonchev–Trinajstić information content (AvgIpc) is 3.14. The van der Waals surface area contributed by atoms with E-state index in [0.29, 0.717) is 5.82 Å². The summed E-state index contributed by atoms with van der Waals surface area (Å²) < 4.78 is 0. The number of aryl methyl sites for hydroxylation is 1. The lowest BCUT2D eigenvalue weighted by molar-refractivity contribution is 0.156. The summed E-state index contributed by atoms with van der Waals surface area (Å²) in [6, 6.07) is 7.81. The van der Waals surface area contributed by atoms with E-state index in [1.807, 2.05) is 38.2 Å². The molecule has 2 aromatic heterocycles. The van der Waals surface area contributed by atoms with Crippen LogP contribution < -0.4 is 5.32 Å². The number of piperidine rings is 1. The second-order valence-corrected chi connectivity index (χ2v) is 8.39. The molecule has 0 aliphatic carbocycles. The van der Waals surface area contributed by atoms with Crippen LogP contribution in [0.4, 0.5) is 10.6 Å². The van der Waals surface area contributed by atoms with Crippen LogP contribution in [-0.2, 0) is 0 Å². The molecule has 3 aromatic rings. The first-order chi connectivity index (χ1) is 13.5. The number of nitrogens with one attached hydrogen (secondary N) is 1. The number of urea groups is 1. The molecule has 1 saturated heterocycles. The Morgan fingerprint density at radius 1 is 1.18 bits per heavy atom. The molecule has 8 nitrogen and oxygen atoms in total. The third-order valence-electron chi connectivity index (χ3n) is 5.15. The van der Waals surface area contributed by atoms with Gasteiger partial charge in [0.05, 0.1) is 5.52 Å². The zero-order valence-electron chi connectivity index (χ0n) is 16.2. The van der Waals surface area contributed by atoms with Gasteiger partial charge in [-0.05, 0) is 64.2 Å². The zero-order chi connectivity index (χ0) is 19.7. The Hall–Kier alpha value is -2.65. The molecule has 4 rings (SSSR count). The highest BCUT2D eigenvalue weighted by molar-refractivity contribution is 7.14. The number of likely N-dealkylation sites (tertiary alicyclic amines) is 1. The van der Waals surface area contributed by atoms with Gasteiger partial charge in [0.25, 0.3) is 0 Å². The molecular formula is C19H23N7OS. The molecule has 0 saturated carbocycles. The molecule has 0 radical (unpaired) electrons. The van der Waals surface area contributed by atoms with Crippen LogP contribution in [0.5, 0.6) is 0 Å². The standard InChI is InChI=1S/C19H23N7OS/c1-12-21-24-18(28-12)13-4-5-16-14(10-13)11-17(23-22-16)20-19(27)26(3)15-6-8-25(2)9-7-15/h4-5,10-11,15H,6-9H2,1-3H3,(H,20,23,27). The third-order valence-corrected chi connectivity index (χ3v) is 6.04. The number of nitrogens with zero attached hydrogens (tertiary/aromatic N) is 6. The van der Waals surface area contributed by atoms with E-state index in [-0.39, 0.29) is 12.1 Å². The predicted octanol–water partition coefficient (Wildman–Crippen LogP) is 3.01. The van der Waals surface area contributed by atoms with Crippen molar-refractivity contribution in [3.8, 4) is 10.6 Å². The summed E-state index contributed by atoms with van der Waals surface area (Å²) >= 11 is 1.55. The predicted molar refractivity (Wildman–Crippen MR) is 110 cm³/mol.